The number of aryl methyl sites for hydroxylation is 1. The Labute approximate surface area is 322 Å². The van der Waals surface area contributed by atoms with E-state index in [2.05, 4.69) is 35.7 Å². The molecule has 0 spiro atoms. The van der Waals surface area contributed by atoms with Gasteiger partial charge in [-0.25, -0.2) is 33.9 Å². The van der Waals surface area contributed by atoms with E-state index in [-0.39, 0.29) is 74.5 Å². The van der Waals surface area contributed by atoms with Crippen molar-refractivity contribution in [3.05, 3.63) is 155 Å². The van der Waals surface area contributed by atoms with Crippen molar-refractivity contribution in [3.63, 3.8) is 0 Å². The van der Waals surface area contributed by atoms with Gasteiger partial charge in [-0.3, -0.25) is 14.6 Å². The highest BCUT2D eigenvalue weighted by atomic mass is 19.4. The van der Waals surface area contributed by atoms with Crippen LogP contribution in [-0.4, -0.2) is 53.4 Å². The molecule has 6 heterocycles. The van der Waals surface area contributed by atoms with E-state index < -0.39 is 41.1 Å². The number of nitrogens with one attached hydrogen (secondary N) is 2. The third kappa shape index (κ3) is 7.08. The number of aliphatic imine (C=N–C) groups is 1. The molecule has 2 N–H and O–H groups in total. The van der Waals surface area contributed by atoms with Crippen molar-refractivity contribution in [3.8, 4) is 11.3 Å². The Kier molecular flexibility index (Phi) is 9.21. The summed E-state index contributed by atoms with van der Waals surface area (Å²) >= 11 is 0. The maximum Gasteiger partial charge on any atom is 0.417 e. The van der Waals surface area contributed by atoms with Crippen LogP contribution in [0.15, 0.2) is 137 Å². The van der Waals surface area contributed by atoms with Crippen molar-refractivity contribution >= 4 is 40.5 Å². The van der Waals surface area contributed by atoms with Crippen LogP contribution in [0.5, 0.6) is 0 Å². The van der Waals surface area contributed by atoms with E-state index >= 15 is 0 Å². The Hall–Kier alpha value is -7.44. The highest BCUT2D eigenvalue weighted by molar-refractivity contribution is 6.27. The van der Waals surface area contributed by atoms with Crippen molar-refractivity contribution in [2.24, 2.45) is 4.99 Å². The zero-order chi connectivity index (χ0) is 40.9. The molecule has 292 valence electrons. The number of hydrogen-bond acceptors (Lipinski definition) is 9. The molecule has 8 rings (SSSR count). The van der Waals surface area contributed by atoms with Gasteiger partial charge in [0.25, 0.3) is 11.8 Å². The van der Waals surface area contributed by atoms with E-state index in [4.69, 9.17) is 0 Å². The third-order valence-electron chi connectivity index (χ3n) is 9.09. The Balaban J connectivity index is 1.10. The van der Waals surface area contributed by atoms with E-state index in [0.29, 0.717) is 0 Å². The van der Waals surface area contributed by atoms with Crippen molar-refractivity contribution in [2.75, 3.05) is 15.6 Å². The zero-order valence-corrected chi connectivity index (χ0v) is 29.6. The number of carbonyl (C=O) groups excluding carboxylic acids is 2. The normalized spacial score (nSPS) is 16.6. The molecule has 0 bridgehead atoms. The number of benzene rings is 1. The average Bonchev–Trinajstić information content (AvgIpc) is 3.80. The molecule has 5 aromatic rings. The molecule has 0 saturated heterocycles. The summed E-state index contributed by atoms with van der Waals surface area (Å²) in [6.45, 7) is 1.58. The number of aromatic nitrogens is 5. The third-order valence-corrected chi connectivity index (χ3v) is 9.09. The second-order valence-corrected chi connectivity index (χ2v) is 12.8. The highest BCUT2D eigenvalue weighted by Gasteiger charge is 2.40. The zero-order valence-electron chi connectivity index (χ0n) is 29.6. The van der Waals surface area contributed by atoms with Gasteiger partial charge in [-0.05, 0) is 55.3 Å². The second-order valence-electron chi connectivity index (χ2n) is 12.8. The quantitative estimate of drug-likeness (QED) is 0.165. The number of rotatable bonds is 6. The highest BCUT2D eigenvalue weighted by Crippen LogP contribution is 2.40. The van der Waals surface area contributed by atoms with Gasteiger partial charge in [0.05, 0.1) is 58.2 Å². The number of amides is 2. The molecule has 0 unspecified atom stereocenters. The van der Waals surface area contributed by atoms with Gasteiger partial charge in [0.15, 0.2) is 17.3 Å². The lowest BCUT2D eigenvalue weighted by molar-refractivity contribution is -0.137. The Bertz CT molecular complexity index is 2730. The standard InChI is InChI=1S/C39H25F7N10O2/c1-21-30(53-36(57)26-19-48-54-14-12-31(51-34(26)54)24-6-2-4-8-28(24)38(41,42)43)10-11-33(49-21)56-20-27(37(58)50-23-16-22(40)17-47-18-23)35-52-32(13-15-55(35)56)25-7-3-5-9-29(25)39(44,45)46/h2-6,8-20H,7H2,1H3,(H,50,58)(H,53,57). The summed E-state index contributed by atoms with van der Waals surface area (Å²) in [4.78, 5) is 44.3. The first kappa shape index (κ1) is 37.5. The van der Waals surface area contributed by atoms with Gasteiger partial charge in [-0.15, -0.1) is 0 Å². The first-order valence-electron chi connectivity index (χ1n) is 17.1. The number of carbonyl (C=O) groups is 2. The summed E-state index contributed by atoms with van der Waals surface area (Å²) < 4.78 is 98.4. The lowest BCUT2D eigenvalue weighted by atomic mass is 9.95. The van der Waals surface area contributed by atoms with Crippen LogP contribution < -0.4 is 15.6 Å². The molecule has 19 heteroatoms. The minimum absolute atomic E-state index is 0.00336. The van der Waals surface area contributed by atoms with Gasteiger partial charge in [0.1, 0.15) is 17.0 Å². The summed E-state index contributed by atoms with van der Waals surface area (Å²) in [5.74, 6) is -2.05. The van der Waals surface area contributed by atoms with Gasteiger partial charge in [-0.1, -0.05) is 30.4 Å². The summed E-state index contributed by atoms with van der Waals surface area (Å²) in [7, 11) is 0. The fourth-order valence-electron chi connectivity index (χ4n) is 6.40. The number of pyridine rings is 2. The number of alkyl halides is 6. The smallest absolute Gasteiger partial charge is 0.320 e. The predicted octanol–water partition coefficient (Wildman–Crippen LogP) is 8.09. The maximum atomic E-state index is 14.0. The molecule has 2 aliphatic heterocycles. The molecule has 3 aliphatic rings. The van der Waals surface area contributed by atoms with Crippen LogP contribution in [0.2, 0.25) is 0 Å². The number of fused-ring (bicyclic) bond motifs is 2. The first-order valence-corrected chi connectivity index (χ1v) is 17.1. The molecule has 0 atom stereocenters. The van der Waals surface area contributed by atoms with Crippen molar-refractivity contribution < 1.29 is 40.3 Å². The molecule has 1 aliphatic carbocycles. The monoisotopic (exact) mass is 798 g/mol. The molecular weight excluding hydrogens is 773 g/mol. The van der Waals surface area contributed by atoms with Crippen molar-refractivity contribution in [1.82, 2.24) is 29.6 Å². The number of allylic oxidation sites excluding steroid dienone is 6. The Morgan fingerprint density at radius 2 is 1.69 bits per heavy atom. The van der Waals surface area contributed by atoms with Gasteiger partial charge >= 0.3 is 12.4 Å². The molecule has 58 heavy (non-hydrogen) atoms. The number of hydrazine groups is 1. The summed E-state index contributed by atoms with van der Waals surface area (Å²) in [5.41, 5.74) is -1.75. The van der Waals surface area contributed by atoms with E-state index in [1.54, 1.807) is 13.0 Å². The van der Waals surface area contributed by atoms with Crippen LogP contribution in [0.4, 0.5) is 47.9 Å². The fraction of sp³-hybridized carbons (Fsp3) is 0.103. The van der Waals surface area contributed by atoms with Crippen LogP contribution in [0.1, 0.15) is 28.0 Å². The summed E-state index contributed by atoms with van der Waals surface area (Å²) in [6, 6.07) is 10.3. The van der Waals surface area contributed by atoms with Crippen molar-refractivity contribution in [1.29, 1.82) is 0 Å². The van der Waals surface area contributed by atoms with Crippen LogP contribution in [-0.2, 0) is 11.0 Å². The number of anilines is 3. The number of amidine groups is 1. The van der Waals surface area contributed by atoms with Crippen LogP contribution >= 0.6 is 0 Å². The molecule has 0 saturated carbocycles. The largest absolute Gasteiger partial charge is 0.417 e. The van der Waals surface area contributed by atoms with E-state index in [0.717, 1.165) is 24.4 Å². The Morgan fingerprint density at radius 1 is 0.879 bits per heavy atom. The SMILES string of the molecule is Cc1nc(N2C=C(C(=O)Nc3cncc(F)c3)C3=NC(=C4CC=CC=C4C(F)(F)F)C=CN32)ccc1NC(=O)c1cnn2ccc(-c3ccccc3C(F)(F)F)nc12. The second kappa shape index (κ2) is 14.3. The minimum Gasteiger partial charge on any atom is -0.320 e. The number of hydrogen-bond donors (Lipinski definition) is 2. The van der Waals surface area contributed by atoms with Gasteiger partial charge in [0, 0.05) is 30.2 Å². The molecule has 4 aromatic heterocycles. The summed E-state index contributed by atoms with van der Waals surface area (Å²) in [6.07, 6.45) is 3.31. The van der Waals surface area contributed by atoms with Gasteiger partial charge < -0.3 is 10.6 Å². The average molecular weight is 799 g/mol. The van der Waals surface area contributed by atoms with E-state index in [1.165, 1.54) is 94.1 Å². The topological polar surface area (TPSA) is 133 Å². The number of nitrogens with zero attached hydrogens (tertiary/aromatic N) is 8. The molecule has 1 aromatic carbocycles. The first-order chi connectivity index (χ1) is 27.7. The molecular formula is C39H25F7N10O2. The lowest BCUT2D eigenvalue weighted by Gasteiger charge is -2.30. The molecule has 0 radical (unpaired) electrons. The minimum atomic E-state index is -4.67. The Morgan fingerprint density at radius 3 is 2.45 bits per heavy atom. The maximum absolute atomic E-state index is 14.0. The van der Waals surface area contributed by atoms with Gasteiger partial charge in [0.2, 0.25) is 0 Å². The predicted molar refractivity (Wildman–Crippen MR) is 197 cm³/mol. The summed E-state index contributed by atoms with van der Waals surface area (Å²) in [5, 5.41) is 12.2. The molecule has 12 nitrogen and oxygen atoms in total. The molecule has 0 fully saturated rings. The van der Waals surface area contributed by atoms with E-state index in [9.17, 15) is 40.3 Å². The van der Waals surface area contributed by atoms with Crippen LogP contribution in [0.3, 0.4) is 0 Å². The van der Waals surface area contributed by atoms with Crippen LogP contribution in [0, 0.1) is 12.7 Å². The lowest BCUT2D eigenvalue weighted by Crippen LogP contribution is -2.37. The van der Waals surface area contributed by atoms with E-state index in [1.807, 2.05) is 0 Å². The van der Waals surface area contributed by atoms with Crippen LogP contribution in [0.25, 0.3) is 16.9 Å². The number of halogens is 7. The molecule has 2 amide bonds. The fourth-order valence-corrected chi connectivity index (χ4v) is 6.40. The van der Waals surface area contributed by atoms with Crippen molar-refractivity contribution in [2.45, 2.75) is 25.7 Å². The van der Waals surface area contributed by atoms with Gasteiger partial charge in [-0.2, -0.15) is 31.4 Å².